The molecule has 33 heavy (non-hydrogen) atoms. The van der Waals surface area contributed by atoms with Crippen molar-refractivity contribution in [3.63, 3.8) is 0 Å². The molecule has 0 radical (unpaired) electrons. The van der Waals surface area contributed by atoms with Crippen LogP contribution in [-0.4, -0.2) is 41.3 Å². The second kappa shape index (κ2) is 7.71. The fourth-order valence-corrected chi connectivity index (χ4v) is 6.99. The first-order valence-electron chi connectivity index (χ1n) is 12.6. The van der Waals surface area contributed by atoms with Crippen molar-refractivity contribution in [1.82, 2.24) is 14.2 Å². The zero-order valence-electron chi connectivity index (χ0n) is 19.8. The number of allylic oxidation sites excluding steroid dienone is 2. The van der Waals surface area contributed by atoms with E-state index in [0.717, 1.165) is 49.2 Å². The van der Waals surface area contributed by atoms with Gasteiger partial charge in [0.2, 0.25) is 0 Å². The Morgan fingerprint density at radius 1 is 1.15 bits per heavy atom. The standard InChI is InChI=1S/C28H33N3O2/c1-29(2)31-17-8-12-21-20(19-9-4-3-5-10-19)14-15-23(27(21)31)26-25(28(32)33)22-11-6-7-13-24(22)30(26)16-18-31/h6,8,11,14-15,17,19H,3-5,7,9-10,12-13,16,18H2,1-2H3/p+1. The van der Waals surface area contributed by atoms with Crippen molar-refractivity contribution >= 4 is 17.7 Å². The van der Waals surface area contributed by atoms with Crippen molar-refractivity contribution in [1.29, 1.82) is 0 Å². The molecule has 2 aromatic rings. The first kappa shape index (κ1) is 20.9. The number of quaternary nitrogens is 1. The molecule has 5 nitrogen and oxygen atoms in total. The Balaban J connectivity index is 1.67. The molecular weight excluding hydrogens is 410 g/mol. The Morgan fingerprint density at radius 3 is 2.73 bits per heavy atom. The van der Waals surface area contributed by atoms with Gasteiger partial charge in [-0.3, -0.25) is 0 Å². The number of carboxylic acids is 1. The molecular formula is C28H34N3O2+. The molecule has 2 aliphatic carbocycles. The van der Waals surface area contributed by atoms with Crippen LogP contribution < -0.4 is 4.59 Å². The largest absolute Gasteiger partial charge is 0.478 e. The van der Waals surface area contributed by atoms with Gasteiger partial charge < -0.3 is 9.67 Å². The summed E-state index contributed by atoms with van der Waals surface area (Å²) in [6.07, 6.45) is 18.2. The fourth-order valence-electron chi connectivity index (χ4n) is 6.99. The summed E-state index contributed by atoms with van der Waals surface area (Å²) >= 11 is 0. The third-order valence-corrected chi connectivity index (χ3v) is 8.52. The van der Waals surface area contributed by atoms with Gasteiger partial charge >= 0.3 is 5.97 Å². The highest BCUT2D eigenvalue weighted by Crippen LogP contribution is 2.50. The molecule has 1 aromatic carbocycles. The number of benzene rings is 1. The molecule has 0 saturated heterocycles. The lowest BCUT2D eigenvalue weighted by Gasteiger charge is -2.42. The lowest BCUT2D eigenvalue weighted by atomic mass is 9.79. The molecule has 5 heteroatoms. The van der Waals surface area contributed by atoms with Crippen LogP contribution in [0, 0.1) is 0 Å². The van der Waals surface area contributed by atoms with Crippen LogP contribution in [0.15, 0.2) is 30.5 Å². The predicted octanol–water partition coefficient (Wildman–Crippen LogP) is 5.73. The minimum atomic E-state index is -0.812. The van der Waals surface area contributed by atoms with Gasteiger partial charge in [0, 0.05) is 37.3 Å². The van der Waals surface area contributed by atoms with Crippen molar-refractivity contribution in [2.45, 2.75) is 63.8 Å². The van der Waals surface area contributed by atoms with Crippen LogP contribution in [-0.2, 0) is 19.4 Å². The minimum absolute atomic E-state index is 0.488. The van der Waals surface area contributed by atoms with Crippen LogP contribution in [0.2, 0.25) is 0 Å². The van der Waals surface area contributed by atoms with Gasteiger partial charge in [0.1, 0.15) is 12.7 Å². The Hall–Kier alpha value is -2.63. The van der Waals surface area contributed by atoms with Crippen LogP contribution in [0.3, 0.4) is 0 Å². The van der Waals surface area contributed by atoms with Crippen molar-refractivity contribution in [2.75, 3.05) is 20.6 Å². The molecule has 0 amide bonds. The SMILES string of the molecule is CN(C)[N+]12C=CCc3c(C4CCCCC4)ccc(c31)-c1c(C(=O)O)c3c(n1CC2)CCC=C3. The fraction of sp³-hybridized carbons (Fsp3) is 0.464. The number of aromatic carboxylic acids is 1. The number of rotatable bonds is 3. The molecule has 6 rings (SSSR count). The molecule has 1 aromatic heterocycles. The lowest BCUT2D eigenvalue weighted by molar-refractivity contribution is 0.0697. The number of carbonyl (C=O) groups is 1. The topological polar surface area (TPSA) is 45.5 Å². The minimum Gasteiger partial charge on any atom is -0.478 e. The molecule has 1 fully saturated rings. The van der Waals surface area contributed by atoms with Gasteiger partial charge in [0.25, 0.3) is 0 Å². The van der Waals surface area contributed by atoms with Crippen molar-refractivity contribution in [3.05, 3.63) is 58.4 Å². The number of fused-ring (bicyclic) bond motifs is 4. The molecule has 1 atom stereocenters. The van der Waals surface area contributed by atoms with Crippen molar-refractivity contribution in [2.24, 2.45) is 0 Å². The van der Waals surface area contributed by atoms with E-state index in [2.05, 4.69) is 54.2 Å². The quantitative estimate of drug-likeness (QED) is 0.615. The number of hydrogen-bond acceptors (Lipinski definition) is 2. The summed E-state index contributed by atoms with van der Waals surface area (Å²) in [6, 6.07) is 4.61. The maximum atomic E-state index is 12.6. The second-order valence-corrected chi connectivity index (χ2v) is 10.3. The Kier molecular flexibility index (Phi) is 4.89. The van der Waals surface area contributed by atoms with Gasteiger partial charge in [-0.2, -0.15) is 9.60 Å². The van der Waals surface area contributed by atoms with Crippen LogP contribution >= 0.6 is 0 Å². The second-order valence-electron chi connectivity index (χ2n) is 10.3. The summed E-state index contributed by atoms with van der Waals surface area (Å²) in [7, 11) is 4.32. The molecule has 1 unspecified atom stereocenters. The number of hydrogen-bond donors (Lipinski definition) is 1. The number of carboxylic acid groups (broad SMARTS) is 1. The highest BCUT2D eigenvalue weighted by molar-refractivity contribution is 6.02. The maximum absolute atomic E-state index is 12.6. The third kappa shape index (κ3) is 2.95. The summed E-state index contributed by atoms with van der Waals surface area (Å²) in [5.41, 5.74) is 8.88. The molecule has 0 spiro atoms. The molecule has 0 bridgehead atoms. The van der Waals surface area contributed by atoms with E-state index in [9.17, 15) is 9.90 Å². The van der Waals surface area contributed by atoms with E-state index in [0.29, 0.717) is 16.1 Å². The first-order chi connectivity index (χ1) is 16.0. The smallest absolute Gasteiger partial charge is 0.338 e. The zero-order valence-corrected chi connectivity index (χ0v) is 19.8. The molecule has 172 valence electrons. The summed E-state index contributed by atoms with van der Waals surface area (Å²) in [6.45, 7) is 1.71. The van der Waals surface area contributed by atoms with E-state index >= 15 is 0 Å². The highest BCUT2D eigenvalue weighted by Gasteiger charge is 2.45. The third-order valence-electron chi connectivity index (χ3n) is 8.52. The Bertz CT molecular complexity index is 1200. The summed E-state index contributed by atoms with van der Waals surface area (Å²) in [5.74, 6) is -0.187. The number of aromatic nitrogens is 1. The lowest BCUT2D eigenvalue weighted by Crippen LogP contribution is -2.57. The van der Waals surface area contributed by atoms with Gasteiger partial charge in [0.05, 0.1) is 23.4 Å². The van der Waals surface area contributed by atoms with Gasteiger partial charge in [-0.05, 0) is 49.3 Å². The Labute approximate surface area is 196 Å². The van der Waals surface area contributed by atoms with Crippen LogP contribution in [0.5, 0.6) is 0 Å². The molecule has 2 aliphatic heterocycles. The van der Waals surface area contributed by atoms with Crippen LogP contribution in [0.1, 0.15) is 77.2 Å². The summed E-state index contributed by atoms with van der Waals surface area (Å²) < 4.78 is 3.00. The number of nitrogens with zero attached hydrogens (tertiary/aromatic N) is 3. The van der Waals surface area contributed by atoms with E-state index in [4.69, 9.17) is 0 Å². The van der Waals surface area contributed by atoms with Crippen molar-refractivity contribution < 1.29 is 9.90 Å². The van der Waals surface area contributed by atoms with Crippen molar-refractivity contribution in [3.8, 4) is 11.3 Å². The average Bonchev–Trinajstić information content (AvgIpc) is 3.08. The maximum Gasteiger partial charge on any atom is 0.338 e. The van der Waals surface area contributed by atoms with Gasteiger partial charge in [0.15, 0.2) is 5.69 Å². The summed E-state index contributed by atoms with van der Waals surface area (Å²) in [5, 5.41) is 12.7. The molecule has 1 N–H and O–H groups in total. The summed E-state index contributed by atoms with van der Waals surface area (Å²) in [4.78, 5) is 12.6. The van der Waals surface area contributed by atoms with Gasteiger partial charge in [-0.15, -0.1) is 0 Å². The van der Waals surface area contributed by atoms with E-state index in [1.54, 1.807) is 0 Å². The van der Waals surface area contributed by atoms with Crippen LogP contribution in [0.25, 0.3) is 17.3 Å². The average molecular weight is 445 g/mol. The van der Waals surface area contributed by atoms with E-state index in [1.165, 1.54) is 54.6 Å². The van der Waals surface area contributed by atoms with E-state index in [1.807, 2.05) is 6.08 Å². The predicted molar refractivity (Wildman–Crippen MR) is 133 cm³/mol. The molecule has 4 aliphatic rings. The van der Waals surface area contributed by atoms with E-state index < -0.39 is 5.97 Å². The zero-order chi connectivity index (χ0) is 22.7. The van der Waals surface area contributed by atoms with Crippen LogP contribution in [0.4, 0.5) is 5.69 Å². The monoisotopic (exact) mass is 444 g/mol. The molecule has 1 saturated carbocycles. The molecule has 3 heterocycles. The Morgan fingerprint density at radius 2 is 1.97 bits per heavy atom. The highest BCUT2D eigenvalue weighted by atomic mass is 16.4. The van der Waals surface area contributed by atoms with Gasteiger partial charge in [-0.1, -0.05) is 37.5 Å². The van der Waals surface area contributed by atoms with Gasteiger partial charge in [-0.25, -0.2) is 4.79 Å². The van der Waals surface area contributed by atoms with E-state index in [-0.39, 0.29) is 0 Å². The first-order valence-corrected chi connectivity index (χ1v) is 12.6. The normalized spacial score (nSPS) is 23.7.